The first-order chi connectivity index (χ1) is 16.8. The molecule has 2 amide bonds. The first-order valence-corrected chi connectivity index (χ1v) is 12.4. The Bertz CT molecular complexity index is 1380. The van der Waals surface area contributed by atoms with Gasteiger partial charge in [0.15, 0.2) is 0 Å². The van der Waals surface area contributed by atoms with Gasteiger partial charge in [0.2, 0.25) is 5.91 Å². The van der Waals surface area contributed by atoms with Crippen LogP contribution in [0.1, 0.15) is 16.7 Å². The number of carbonyl (C=O) groups is 2. The predicted molar refractivity (Wildman–Crippen MR) is 143 cm³/mol. The van der Waals surface area contributed by atoms with Gasteiger partial charge in [-0.15, -0.1) is 0 Å². The van der Waals surface area contributed by atoms with Crippen LogP contribution < -0.4 is 10.2 Å². The van der Waals surface area contributed by atoms with Crippen molar-refractivity contribution in [3.05, 3.63) is 104 Å². The molecule has 0 aliphatic carbocycles. The van der Waals surface area contributed by atoms with Crippen LogP contribution >= 0.6 is 35.0 Å². The molecule has 1 heterocycles. The lowest BCUT2D eigenvalue weighted by atomic mass is 10.1. The Balaban J connectivity index is 1.74. The summed E-state index contributed by atoms with van der Waals surface area (Å²) in [7, 11) is 0. The molecule has 0 unspecified atom stereocenters. The molecule has 35 heavy (non-hydrogen) atoms. The normalized spacial score (nSPS) is 16.7. The zero-order valence-electron chi connectivity index (χ0n) is 19.0. The van der Waals surface area contributed by atoms with Gasteiger partial charge >= 0.3 is 0 Å². The minimum Gasteiger partial charge on any atom is -0.321 e. The summed E-state index contributed by atoms with van der Waals surface area (Å²) in [5.74, 6) is -0.807. The van der Waals surface area contributed by atoms with Crippen molar-refractivity contribution in [3.8, 4) is 6.07 Å². The molecule has 0 saturated carbocycles. The monoisotopic (exact) mass is 521 g/mol. The first-order valence-electron chi connectivity index (χ1n) is 10.8. The Morgan fingerprint density at radius 1 is 1.09 bits per heavy atom. The van der Waals surface area contributed by atoms with E-state index in [-0.39, 0.29) is 16.5 Å². The molecule has 0 spiro atoms. The highest BCUT2D eigenvalue weighted by molar-refractivity contribution is 8.05. The summed E-state index contributed by atoms with van der Waals surface area (Å²) < 4.78 is 0. The summed E-state index contributed by atoms with van der Waals surface area (Å²) in [6, 6.07) is 21.7. The third-order valence-electron chi connectivity index (χ3n) is 5.79. The topological polar surface area (TPSA) is 73.2 Å². The standard InChI is InChI=1S/C27H21Cl2N3O2S/c1-16-7-6-10-23(17(16)2)31-25(33)21(15-30)27-32(20-8-4-3-5-9-20)26(34)24(35-27)14-18-13-19(28)11-12-22(18)29/h3-13,24H,14H2,1-2H3,(H,31,33)/b27-21-/t24-/m0/s1. The summed E-state index contributed by atoms with van der Waals surface area (Å²) in [6.07, 6.45) is 0.299. The molecule has 1 aliphatic heterocycles. The van der Waals surface area contributed by atoms with E-state index in [9.17, 15) is 14.9 Å². The second kappa shape index (κ2) is 10.6. The maximum atomic E-state index is 13.6. The summed E-state index contributed by atoms with van der Waals surface area (Å²) in [5.41, 5.74) is 3.71. The number of benzene rings is 3. The maximum Gasteiger partial charge on any atom is 0.269 e. The number of hydrogen-bond donors (Lipinski definition) is 1. The molecule has 176 valence electrons. The maximum absolute atomic E-state index is 13.6. The van der Waals surface area contributed by atoms with E-state index in [1.807, 2.05) is 38.1 Å². The lowest BCUT2D eigenvalue weighted by Crippen LogP contribution is -2.31. The highest BCUT2D eigenvalue weighted by atomic mass is 35.5. The fourth-order valence-electron chi connectivity index (χ4n) is 3.77. The molecule has 4 rings (SSSR count). The molecule has 0 radical (unpaired) electrons. The lowest BCUT2D eigenvalue weighted by Gasteiger charge is -2.19. The number of para-hydroxylation sites is 1. The van der Waals surface area contributed by atoms with E-state index in [1.165, 1.54) is 16.7 Å². The number of nitrogens with one attached hydrogen (secondary N) is 1. The van der Waals surface area contributed by atoms with Crippen molar-refractivity contribution in [3.63, 3.8) is 0 Å². The van der Waals surface area contributed by atoms with Crippen molar-refractivity contribution >= 4 is 58.2 Å². The van der Waals surface area contributed by atoms with Gasteiger partial charge in [0, 0.05) is 21.4 Å². The van der Waals surface area contributed by atoms with Crippen LogP contribution in [0.5, 0.6) is 0 Å². The second-order valence-corrected chi connectivity index (χ2v) is 10.1. The Labute approximate surface area is 218 Å². The number of nitrogens with zero attached hydrogens (tertiary/aromatic N) is 2. The van der Waals surface area contributed by atoms with Crippen LogP contribution in [0.3, 0.4) is 0 Å². The van der Waals surface area contributed by atoms with E-state index in [2.05, 4.69) is 5.32 Å². The molecule has 3 aromatic carbocycles. The number of carbonyl (C=O) groups excluding carboxylic acids is 2. The minimum atomic E-state index is -0.585. The number of thioether (sulfide) groups is 1. The quantitative estimate of drug-likeness (QED) is 0.300. The Morgan fingerprint density at radius 3 is 2.54 bits per heavy atom. The second-order valence-electron chi connectivity index (χ2n) is 8.05. The van der Waals surface area contributed by atoms with Crippen LogP contribution in [0.2, 0.25) is 10.0 Å². The van der Waals surface area contributed by atoms with E-state index in [4.69, 9.17) is 23.2 Å². The molecule has 1 aliphatic rings. The summed E-state index contributed by atoms with van der Waals surface area (Å²) in [6.45, 7) is 3.85. The average molecular weight is 522 g/mol. The number of aryl methyl sites for hydroxylation is 1. The molecule has 5 nitrogen and oxygen atoms in total. The van der Waals surface area contributed by atoms with Gasteiger partial charge in [0.1, 0.15) is 16.7 Å². The van der Waals surface area contributed by atoms with Crippen LogP contribution in [0, 0.1) is 25.2 Å². The zero-order valence-corrected chi connectivity index (χ0v) is 21.3. The van der Waals surface area contributed by atoms with Gasteiger partial charge in [-0.1, -0.05) is 65.3 Å². The summed E-state index contributed by atoms with van der Waals surface area (Å²) in [5, 5.41) is 13.6. The first kappa shape index (κ1) is 24.9. The molecular weight excluding hydrogens is 501 g/mol. The smallest absolute Gasteiger partial charge is 0.269 e. The van der Waals surface area contributed by atoms with Crippen molar-refractivity contribution in [2.45, 2.75) is 25.5 Å². The molecule has 0 bridgehead atoms. The minimum absolute atomic E-state index is 0.132. The predicted octanol–water partition coefficient (Wildman–Crippen LogP) is 6.68. The van der Waals surface area contributed by atoms with Crippen molar-refractivity contribution in [2.75, 3.05) is 10.2 Å². The van der Waals surface area contributed by atoms with Crippen LogP contribution in [-0.4, -0.2) is 17.1 Å². The van der Waals surface area contributed by atoms with Gasteiger partial charge < -0.3 is 5.32 Å². The fraction of sp³-hybridized carbons (Fsp3) is 0.148. The van der Waals surface area contributed by atoms with E-state index in [0.29, 0.717) is 27.8 Å². The van der Waals surface area contributed by atoms with Crippen LogP contribution in [0.15, 0.2) is 77.3 Å². The van der Waals surface area contributed by atoms with Crippen molar-refractivity contribution in [1.29, 1.82) is 5.26 Å². The molecule has 0 aromatic heterocycles. The van der Waals surface area contributed by atoms with E-state index >= 15 is 0 Å². The molecule has 1 saturated heterocycles. The highest BCUT2D eigenvalue weighted by Crippen LogP contribution is 2.42. The van der Waals surface area contributed by atoms with Crippen LogP contribution in [0.25, 0.3) is 0 Å². The Hall–Kier alpha value is -3.24. The molecule has 1 N–H and O–H groups in total. The molecular formula is C27H21Cl2N3O2S. The lowest BCUT2D eigenvalue weighted by molar-refractivity contribution is -0.117. The van der Waals surface area contributed by atoms with Gasteiger partial charge in [0.05, 0.1) is 5.25 Å². The zero-order chi connectivity index (χ0) is 25.1. The largest absolute Gasteiger partial charge is 0.321 e. The van der Waals surface area contributed by atoms with Crippen molar-refractivity contribution < 1.29 is 9.59 Å². The molecule has 3 aromatic rings. The van der Waals surface area contributed by atoms with Gasteiger partial charge in [-0.25, -0.2) is 0 Å². The number of nitriles is 1. The number of halogens is 2. The summed E-state index contributed by atoms with van der Waals surface area (Å²) >= 11 is 13.7. The van der Waals surface area contributed by atoms with Gasteiger partial charge in [-0.2, -0.15) is 5.26 Å². The van der Waals surface area contributed by atoms with Crippen LogP contribution in [0.4, 0.5) is 11.4 Å². The van der Waals surface area contributed by atoms with E-state index in [0.717, 1.165) is 16.7 Å². The molecule has 8 heteroatoms. The molecule has 1 fully saturated rings. The van der Waals surface area contributed by atoms with Crippen molar-refractivity contribution in [1.82, 2.24) is 0 Å². The van der Waals surface area contributed by atoms with Gasteiger partial charge in [-0.3, -0.25) is 14.5 Å². The van der Waals surface area contributed by atoms with Crippen LogP contribution in [-0.2, 0) is 16.0 Å². The third kappa shape index (κ3) is 5.23. The van der Waals surface area contributed by atoms with E-state index < -0.39 is 11.2 Å². The van der Waals surface area contributed by atoms with Gasteiger partial charge in [-0.05, 0) is 73.4 Å². The number of hydrogen-bond acceptors (Lipinski definition) is 4. The average Bonchev–Trinajstić information content (AvgIpc) is 3.15. The summed E-state index contributed by atoms with van der Waals surface area (Å²) in [4.78, 5) is 28.3. The number of rotatable bonds is 5. The van der Waals surface area contributed by atoms with E-state index in [1.54, 1.807) is 48.5 Å². The highest BCUT2D eigenvalue weighted by Gasteiger charge is 2.41. The van der Waals surface area contributed by atoms with Crippen molar-refractivity contribution in [2.24, 2.45) is 0 Å². The van der Waals surface area contributed by atoms with Gasteiger partial charge in [0.25, 0.3) is 5.91 Å². The third-order valence-corrected chi connectivity index (χ3v) is 7.65. The Morgan fingerprint density at radius 2 is 1.83 bits per heavy atom. The number of amides is 2. The fourth-order valence-corrected chi connectivity index (χ4v) is 5.45. The Kier molecular flexibility index (Phi) is 7.51. The SMILES string of the molecule is Cc1cccc(NC(=O)/C(C#N)=C2\S[C@@H](Cc3cc(Cl)ccc3Cl)C(=O)N2c2ccccc2)c1C. The molecule has 1 atom stereocenters. The number of anilines is 2.